The SMILES string of the molecule is CCCC1CN(C(C)CS(C)=O)C(C)CN1. The average Bonchev–Trinajstić information content (AvgIpc) is 2.20. The van der Waals surface area contributed by atoms with Crippen molar-refractivity contribution in [3.8, 4) is 0 Å². The number of nitrogens with one attached hydrogen (secondary N) is 1. The standard InChI is InChI=1S/C12H26N2OS/c1-5-6-12-8-14(10(2)7-13-12)11(3)9-16(4)15/h10-13H,5-9H2,1-4H3. The molecule has 1 aliphatic rings. The molecule has 0 saturated carbocycles. The van der Waals surface area contributed by atoms with E-state index in [0.29, 0.717) is 18.1 Å². The number of piperazine rings is 1. The molecule has 1 fully saturated rings. The third kappa shape index (κ3) is 4.15. The lowest BCUT2D eigenvalue weighted by Gasteiger charge is -2.42. The van der Waals surface area contributed by atoms with Gasteiger partial charge in [-0.2, -0.15) is 0 Å². The number of hydrogen-bond donors (Lipinski definition) is 1. The van der Waals surface area contributed by atoms with E-state index in [1.165, 1.54) is 12.8 Å². The molecular weight excluding hydrogens is 220 g/mol. The van der Waals surface area contributed by atoms with E-state index in [2.05, 4.69) is 31.0 Å². The fourth-order valence-electron chi connectivity index (χ4n) is 2.55. The first-order valence-corrected chi connectivity index (χ1v) is 8.06. The molecule has 4 atom stereocenters. The number of hydrogen-bond acceptors (Lipinski definition) is 3. The molecule has 1 heterocycles. The van der Waals surface area contributed by atoms with Gasteiger partial charge in [-0.25, -0.2) is 0 Å². The molecule has 0 aromatic heterocycles. The minimum atomic E-state index is -0.689. The summed E-state index contributed by atoms with van der Waals surface area (Å²) in [6, 6.07) is 1.61. The van der Waals surface area contributed by atoms with Crippen LogP contribution in [0.2, 0.25) is 0 Å². The molecule has 0 aromatic carbocycles. The predicted octanol–water partition coefficient (Wildman–Crippen LogP) is 1.22. The van der Waals surface area contributed by atoms with Crippen LogP contribution in [0.15, 0.2) is 0 Å². The fraction of sp³-hybridized carbons (Fsp3) is 1.00. The first kappa shape index (κ1) is 14.1. The lowest BCUT2D eigenvalue weighted by atomic mass is 10.0. The van der Waals surface area contributed by atoms with Crippen LogP contribution >= 0.6 is 0 Å². The Morgan fingerprint density at radius 1 is 1.56 bits per heavy atom. The highest BCUT2D eigenvalue weighted by Crippen LogP contribution is 2.14. The maximum atomic E-state index is 11.3. The van der Waals surface area contributed by atoms with Crippen molar-refractivity contribution in [1.29, 1.82) is 0 Å². The Hall–Kier alpha value is 0.0700. The van der Waals surface area contributed by atoms with Crippen LogP contribution in [0, 0.1) is 0 Å². The molecular formula is C12H26N2OS. The van der Waals surface area contributed by atoms with E-state index in [4.69, 9.17) is 0 Å². The van der Waals surface area contributed by atoms with Crippen molar-refractivity contribution >= 4 is 10.8 Å². The van der Waals surface area contributed by atoms with Crippen LogP contribution in [0.4, 0.5) is 0 Å². The lowest BCUT2D eigenvalue weighted by Crippen LogP contribution is -2.58. The molecule has 0 aliphatic carbocycles. The molecule has 96 valence electrons. The molecule has 1 N–H and O–H groups in total. The second-order valence-corrected chi connectivity index (χ2v) is 6.51. The van der Waals surface area contributed by atoms with Crippen LogP contribution in [-0.2, 0) is 10.8 Å². The van der Waals surface area contributed by atoms with E-state index in [9.17, 15) is 4.21 Å². The van der Waals surface area contributed by atoms with Crippen LogP contribution in [0.25, 0.3) is 0 Å². The van der Waals surface area contributed by atoms with Gasteiger partial charge in [-0.15, -0.1) is 0 Å². The lowest BCUT2D eigenvalue weighted by molar-refractivity contribution is 0.106. The highest BCUT2D eigenvalue weighted by Gasteiger charge is 2.28. The Morgan fingerprint density at radius 3 is 2.81 bits per heavy atom. The van der Waals surface area contributed by atoms with Gasteiger partial charge >= 0.3 is 0 Å². The molecule has 4 heteroatoms. The largest absolute Gasteiger partial charge is 0.311 e. The molecule has 0 aromatic rings. The zero-order valence-electron chi connectivity index (χ0n) is 11.0. The molecule has 1 aliphatic heterocycles. The molecule has 1 saturated heterocycles. The van der Waals surface area contributed by atoms with Gasteiger partial charge in [0.2, 0.25) is 0 Å². The topological polar surface area (TPSA) is 32.3 Å². The summed E-state index contributed by atoms with van der Waals surface area (Å²) in [4.78, 5) is 2.51. The van der Waals surface area contributed by atoms with Gasteiger partial charge in [0.05, 0.1) is 0 Å². The first-order chi connectivity index (χ1) is 7.54. The summed E-state index contributed by atoms with van der Waals surface area (Å²) in [6.07, 6.45) is 4.27. The summed E-state index contributed by atoms with van der Waals surface area (Å²) >= 11 is 0. The van der Waals surface area contributed by atoms with E-state index < -0.39 is 10.8 Å². The van der Waals surface area contributed by atoms with E-state index in [-0.39, 0.29) is 0 Å². The summed E-state index contributed by atoms with van der Waals surface area (Å²) in [6.45, 7) is 8.85. The van der Waals surface area contributed by atoms with Crippen molar-refractivity contribution in [2.75, 3.05) is 25.1 Å². The van der Waals surface area contributed by atoms with Crippen LogP contribution in [-0.4, -0.2) is 52.3 Å². The second-order valence-electron chi connectivity index (χ2n) is 5.03. The zero-order chi connectivity index (χ0) is 12.1. The smallest absolute Gasteiger partial charge is 0.0385 e. The van der Waals surface area contributed by atoms with Crippen LogP contribution in [0.5, 0.6) is 0 Å². The molecule has 3 nitrogen and oxygen atoms in total. The Morgan fingerprint density at radius 2 is 2.25 bits per heavy atom. The number of nitrogens with zero attached hydrogens (tertiary/aromatic N) is 1. The Balaban J connectivity index is 2.51. The van der Waals surface area contributed by atoms with Crippen molar-refractivity contribution in [2.24, 2.45) is 0 Å². The normalized spacial score (nSPS) is 31.2. The summed E-state index contributed by atoms with van der Waals surface area (Å²) in [5.74, 6) is 0.795. The quantitative estimate of drug-likeness (QED) is 0.791. The van der Waals surface area contributed by atoms with Gasteiger partial charge in [-0.3, -0.25) is 9.11 Å². The minimum Gasteiger partial charge on any atom is -0.311 e. The van der Waals surface area contributed by atoms with E-state index in [0.717, 1.165) is 18.8 Å². The average molecular weight is 246 g/mol. The maximum Gasteiger partial charge on any atom is 0.0385 e. The van der Waals surface area contributed by atoms with Gasteiger partial charge in [-0.1, -0.05) is 13.3 Å². The van der Waals surface area contributed by atoms with Crippen molar-refractivity contribution in [1.82, 2.24) is 10.2 Å². The summed E-state index contributed by atoms with van der Waals surface area (Å²) < 4.78 is 11.3. The Labute approximate surface area is 102 Å². The monoisotopic (exact) mass is 246 g/mol. The van der Waals surface area contributed by atoms with Crippen LogP contribution in [0.1, 0.15) is 33.6 Å². The first-order valence-electron chi connectivity index (χ1n) is 6.33. The third-order valence-electron chi connectivity index (χ3n) is 3.38. The highest BCUT2D eigenvalue weighted by atomic mass is 32.2. The summed E-state index contributed by atoms with van der Waals surface area (Å²) in [5.41, 5.74) is 0. The summed E-state index contributed by atoms with van der Waals surface area (Å²) in [5, 5.41) is 3.59. The zero-order valence-corrected chi connectivity index (χ0v) is 11.8. The van der Waals surface area contributed by atoms with Gasteiger partial charge in [0.1, 0.15) is 0 Å². The molecule has 0 radical (unpaired) electrons. The van der Waals surface area contributed by atoms with Gasteiger partial charge < -0.3 is 5.32 Å². The second kappa shape index (κ2) is 6.72. The van der Waals surface area contributed by atoms with Crippen LogP contribution in [0.3, 0.4) is 0 Å². The molecule has 16 heavy (non-hydrogen) atoms. The van der Waals surface area contributed by atoms with Crippen LogP contribution < -0.4 is 5.32 Å². The van der Waals surface area contributed by atoms with Crippen molar-refractivity contribution in [3.63, 3.8) is 0 Å². The van der Waals surface area contributed by atoms with E-state index in [1.807, 2.05) is 0 Å². The third-order valence-corrected chi connectivity index (χ3v) is 4.33. The molecule has 0 bridgehead atoms. The van der Waals surface area contributed by atoms with Crippen molar-refractivity contribution < 1.29 is 4.21 Å². The molecule has 4 unspecified atom stereocenters. The predicted molar refractivity (Wildman–Crippen MR) is 71.3 cm³/mol. The molecule has 0 amide bonds. The van der Waals surface area contributed by atoms with Crippen molar-refractivity contribution in [3.05, 3.63) is 0 Å². The van der Waals surface area contributed by atoms with Gasteiger partial charge in [0, 0.05) is 54.0 Å². The minimum absolute atomic E-state index is 0.433. The maximum absolute atomic E-state index is 11.3. The highest BCUT2D eigenvalue weighted by molar-refractivity contribution is 7.84. The number of rotatable bonds is 5. The molecule has 0 spiro atoms. The van der Waals surface area contributed by atoms with Gasteiger partial charge in [-0.05, 0) is 20.3 Å². The Kier molecular flexibility index (Phi) is 5.94. The van der Waals surface area contributed by atoms with E-state index >= 15 is 0 Å². The van der Waals surface area contributed by atoms with E-state index in [1.54, 1.807) is 6.26 Å². The summed E-state index contributed by atoms with van der Waals surface area (Å²) in [7, 11) is -0.689. The van der Waals surface area contributed by atoms with Gasteiger partial charge in [0.25, 0.3) is 0 Å². The fourth-order valence-corrected chi connectivity index (χ4v) is 3.42. The Bertz CT molecular complexity index is 235. The molecule has 1 rings (SSSR count). The van der Waals surface area contributed by atoms with Gasteiger partial charge in [0.15, 0.2) is 0 Å². The van der Waals surface area contributed by atoms with Crippen molar-refractivity contribution in [2.45, 2.75) is 51.7 Å².